The first-order valence-electron chi connectivity index (χ1n) is 10.7. The highest BCUT2D eigenvalue weighted by atomic mass is 19.1. The first-order valence-corrected chi connectivity index (χ1v) is 10.7. The standard InChI is InChI=1S/C23H24FN7O/c1-26-22-20-21(29(2)13-27-20)17-11-18(15-8-14(12-25)9-16(24)10-15)31(23(17)28-22)7-6-30-5-3-4-19(30)32/h8-11,13,19,32H,3-7H2,1-2H3,(H,26,28). The molecule has 9 heteroatoms. The van der Waals surface area contributed by atoms with Gasteiger partial charge < -0.3 is 19.6 Å². The Morgan fingerprint density at radius 2 is 2.12 bits per heavy atom. The minimum atomic E-state index is -0.458. The molecule has 1 fully saturated rings. The van der Waals surface area contributed by atoms with E-state index in [1.54, 1.807) is 12.4 Å². The zero-order valence-electron chi connectivity index (χ0n) is 18.0. The Morgan fingerprint density at radius 3 is 2.84 bits per heavy atom. The van der Waals surface area contributed by atoms with Crippen molar-refractivity contribution in [3.05, 3.63) is 42.0 Å². The van der Waals surface area contributed by atoms with Crippen LogP contribution < -0.4 is 5.32 Å². The molecule has 0 radical (unpaired) electrons. The lowest BCUT2D eigenvalue weighted by Gasteiger charge is -2.21. The largest absolute Gasteiger partial charge is 0.378 e. The molecular weight excluding hydrogens is 409 g/mol. The Hall–Kier alpha value is -3.48. The van der Waals surface area contributed by atoms with Crippen LogP contribution in [-0.2, 0) is 13.6 Å². The van der Waals surface area contributed by atoms with Gasteiger partial charge in [0.2, 0.25) is 0 Å². The zero-order valence-corrected chi connectivity index (χ0v) is 18.0. The van der Waals surface area contributed by atoms with Gasteiger partial charge in [0.1, 0.15) is 23.2 Å². The Kier molecular flexibility index (Phi) is 5.04. The molecule has 1 atom stereocenters. The number of hydrogen-bond donors (Lipinski definition) is 2. The summed E-state index contributed by atoms with van der Waals surface area (Å²) < 4.78 is 18.3. The van der Waals surface area contributed by atoms with E-state index in [4.69, 9.17) is 4.98 Å². The molecule has 164 valence electrons. The second kappa shape index (κ2) is 7.89. The molecule has 0 bridgehead atoms. The van der Waals surface area contributed by atoms with Crippen LogP contribution in [0.25, 0.3) is 33.3 Å². The van der Waals surface area contributed by atoms with Gasteiger partial charge in [0.15, 0.2) is 5.82 Å². The van der Waals surface area contributed by atoms with Crippen LogP contribution in [0.3, 0.4) is 0 Å². The minimum Gasteiger partial charge on any atom is -0.378 e. The SMILES string of the molecule is CNc1nc2c(cc(-c3cc(F)cc(C#N)c3)n2CCN2CCCC2O)c2c1ncn2C. The van der Waals surface area contributed by atoms with Gasteiger partial charge in [-0.3, -0.25) is 4.90 Å². The van der Waals surface area contributed by atoms with Crippen LogP contribution in [-0.4, -0.2) is 55.5 Å². The number of nitriles is 1. The average molecular weight is 433 g/mol. The molecule has 32 heavy (non-hydrogen) atoms. The number of anilines is 1. The summed E-state index contributed by atoms with van der Waals surface area (Å²) in [6.45, 7) is 2.04. The molecule has 0 saturated carbocycles. The van der Waals surface area contributed by atoms with Crippen molar-refractivity contribution in [1.29, 1.82) is 5.26 Å². The fourth-order valence-electron chi connectivity index (χ4n) is 4.65. The molecule has 3 aromatic heterocycles. The average Bonchev–Trinajstić information content (AvgIpc) is 3.48. The van der Waals surface area contributed by atoms with Crippen molar-refractivity contribution in [2.75, 3.05) is 25.5 Å². The minimum absolute atomic E-state index is 0.265. The molecule has 1 aliphatic heterocycles. The lowest BCUT2D eigenvalue weighted by molar-refractivity contribution is 0.0364. The zero-order chi connectivity index (χ0) is 22.4. The summed E-state index contributed by atoms with van der Waals surface area (Å²) in [5.74, 6) is 0.206. The number of nitrogens with zero attached hydrogens (tertiary/aromatic N) is 6. The molecular formula is C23H24FN7O. The van der Waals surface area contributed by atoms with Gasteiger partial charge >= 0.3 is 0 Å². The quantitative estimate of drug-likeness (QED) is 0.502. The van der Waals surface area contributed by atoms with Gasteiger partial charge in [0, 0.05) is 44.7 Å². The first kappa shape index (κ1) is 20.4. The smallest absolute Gasteiger partial charge is 0.156 e. The first-order chi connectivity index (χ1) is 15.5. The lowest BCUT2D eigenvalue weighted by Crippen LogP contribution is -2.32. The van der Waals surface area contributed by atoms with E-state index in [0.717, 1.165) is 47.1 Å². The number of pyridine rings is 1. The third kappa shape index (κ3) is 3.28. The maximum Gasteiger partial charge on any atom is 0.156 e. The number of benzene rings is 1. The Morgan fingerprint density at radius 1 is 1.28 bits per heavy atom. The van der Waals surface area contributed by atoms with Gasteiger partial charge in [-0.1, -0.05) is 0 Å². The molecule has 8 nitrogen and oxygen atoms in total. The summed E-state index contributed by atoms with van der Waals surface area (Å²) in [5.41, 5.74) is 4.09. The van der Waals surface area contributed by atoms with E-state index in [9.17, 15) is 14.8 Å². The Balaban J connectivity index is 1.74. The van der Waals surface area contributed by atoms with Crippen LogP contribution in [0.4, 0.5) is 10.2 Å². The number of halogens is 1. The highest BCUT2D eigenvalue weighted by molar-refractivity contribution is 6.07. The number of aromatic nitrogens is 4. The predicted octanol–water partition coefficient (Wildman–Crippen LogP) is 3.06. The summed E-state index contributed by atoms with van der Waals surface area (Å²) in [6.07, 6.45) is 3.05. The summed E-state index contributed by atoms with van der Waals surface area (Å²) in [4.78, 5) is 11.4. The van der Waals surface area contributed by atoms with Crippen molar-refractivity contribution in [1.82, 2.24) is 24.0 Å². The van der Waals surface area contributed by atoms with Crippen molar-refractivity contribution >= 4 is 27.9 Å². The fourth-order valence-corrected chi connectivity index (χ4v) is 4.65. The number of fused-ring (bicyclic) bond motifs is 3. The number of aliphatic hydroxyl groups is 1. The van der Waals surface area contributed by atoms with Crippen molar-refractivity contribution in [3.63, 3.8) is 0 Å². The van der Waals surface area contributed by atoms with Crippen LogP contribution in [0.2, 0.25) is 0 Å². The van der Waals surface area contributed by atoms with Crippen LogP contribution in [0.15, 0.2) is 30.6 Å². The van der Waals surface area contributed by atoms with Crippen LogP contribution in [0.5, 0.6) is 0 Å². The third-order valence-corrected chi connectivity index (χ3v) is 6.20. The Labute approximate surface area is 184 Å². The van der Waals surface area contributed by atoms with Gasteiger partial charge in [-0.25, -0.2) is 14.4 Å². The van der Waals surface area contributed by atoms with E-state index in [0.29, 0.717) is 24.5 Å². The molecule has 0 amide bonds. The number of nitrogens with one attached hydrogen (secondary N) is 1. The van der Waals surface area contributed by atoms with Crippen LogP contribution in [0, 0.1) is 17.1 Å². The van der Waals surface area contributed by atoms with E-state index in [1.165, 1.54) is 12.1 Å². The monoisotopic (exact) mass is 433 g/mol. The van der Waals surface area contributed by atoms with Crippen molar-refractivity contribution in [2.45, 2.75) is 25.6 Å². The predicted molar refractivity (Wildman–Crippen MR) is 120 cm³/mol. The van der Waals surface area contributed by atoms with Crippen LogP contribution in [0.1, 0.15) is 18.4 Å². The molecule has 1 saturated heterocycles. The van der Waals surface area contributed by atoms with Crippen molar-refractivity contribution < 1.29 is 9.50 Å². The molecule has 2 N–H and O–H groups in total. The van der Waals surface area contributed by atoms with Crippen LogP contribution >= 0.6 is 0 Å². The number of rotatable bonds is 5. The van der Waals surface area contributed by atoms with Gasteiger partial charge in [-0.2, -0.15) is 5.26 Å². The molecule has 4 heterocycles. The normalized spacial score (nSPS) is 16.8. The summed E-state index contributed by atoms with van der Waals surface area (Å²) in [6, 6.07) is 8.39. The second-order valence-corrected chi connectivity index (χ2v) is 8.18. The molecule has 5 rings (SSSR count). The van der Waals surface area contributed by atoms with E-state index < -0.39 is 12.0 Å². The van der Waals surface area contributed by atoms with Crippen molar-refractivity contribution in [3.8, 4) is 17.3 Å². The Bertz CT molecular complexity index is 1370. The van der Waals surface area contributed by atoms with E-state index >= 15 is 0 Å². The van der Waals surface area contributed by atoms with Gasteiger partial charge in [0.25, 0.3) is 0 Å². The highest BCUT2D eigenvalue weighted by Gasteiger charge is 2.24. The molecule has 0 aliphatic carbocycles. The number of aryl methyl sites for hydroxylation is 1. The third-order valence-electron chi connectivity index (χ3n) is 6.20. The second-order valence-electron chi connectivity index (χ2n) is 8.18. The van der Waals surface area contributed by atoms with E-state index in [1.807, 2.05) is 40.3 Å². The number of imidazole rings is 1. The number of aliphatic hydroxyl groups excluding tert-OH is 1. The molecule has 1 aromatic carbocycles. The molecule has 0 spiro atoms. The van der Waals surface area contributed by atoms with Gasteiger partial charge in [-0.15, -0.1) is 0 Å². The maximum absolute atomic E-state index is 14.3. The topological polar surface area (TPSA) is 94.9 Å². The number of hydrogen-bond acceptors (Lipinski definition) is 6. The molecule has 1 unspecified atom stereocenters. The van der Waals surface area contributed by atoms with Gasteiger partial charge in [0.05, 0.1) is 29.2 Å². The maximum atomic E-state index is 14.3. The lowest BCUT2D eigenvalue weighted by atomic mass is 10.1. The van der Waals surface area contributed by atoms with E-state index in [2.05, 4.69) is 10.3 Å². The molecule has 1 aliphatic rings. The summed E-state index contributed by atoms with van der Waals surface area (Å²) in [7, 11) is 3.74. The highest BCUT2D eigenvalue weighted by Crippen LogP contribution is 2.35. The summed E-state index contributed by atoms with van der Waals surface area (Å²) >= 11 is 0. The number of likely N-dealkylation sites (tertiary alicyclic amines) is 1. The van der Waals surface area contributed by atoms with Crippen molar-refractivity contribution in [2.24, 2.45) is 7.05 Å². The van der Waals surface area contributed by atoms with E-state index in [-0.39, 0.29) is 5.56 Å². The molecule has 4 aromatic rings. The van der Waals surface area contributed by atoms with Gasteiger partial charge in [-0.05, 0) is 37.1 Å². The summed E-state index contributed by atoms with van der Waals surface area (Å²) in [5, 5.41) is 23.6. The fraction of sp³-hybridized carbons (Fsp3) is 0.348.